The van der Waals surface area contributed by atoms with Crippen molar-refractivity contribution in [3.05, 3.63) is 44.5 Å². The van der Waals surface area contributed by atoms with Gasteiger partial charge in [0.1, 0.15) is 17.2 Å². The summed E-state index contributed by atoms with van der Waals surface area (Å²) in [4.78, 5) is 26.3. The molecule has 1 aliphatic carbocycles. The number of hydrogen-bond donors (Lipinski definition) is 1. The van der Waals surface area contributed by atoms with Crippen LogP contribution in [0, 0.1) is 11.3 Å². The molecule has 0 spiro atoms. The summed E-state index contributed by atoms with van der Waals surface area (Å²) in [6, 6.07) is 4.13. The van der Waals surface area contributed by atoms with Crippen LogP contribution >= 0.6 is 22.7 Å². The number of hydrogen-bond acceptors (Lipinski definition) is 6. The third kappa shape index (κ3) is 4.56. The van der Waals surface area contributed by atoms with E-state index in [-0.39, 0.29) is 18.1 Å². The summed E-state index contributed by atoms with van der Waals surface area (Å²) in [7, 11) is 3.29. The zero-order valence-corrected chi connectivity index (χ0v) is 16.7. The van der Waals surface area contributed by atoms with Gasteiger partial charge < -0.3 is 15.0 Å². The Kier molecular flexibility index (Phi) is 5.94. The fourth-order valence-corrected chi connectivity index (χ4v) is 4.70. The highest BCUT2D eigenvalue weighted by molar-refractivity contribution is 7.16. The molecular weight excluding hydrogens is 382 g/mol. The summed E-state index contributed by atoms with van der Waals surface area (Å²) in [5.41, 5.74) is 2.44. The molecule has 8 heteroatoms. The summed E-state index contributed by atoms with van der Waals surface area (Å²) in [5.74, 6) is -0.271. The van der Waals surface area contributed by atoms with Crippen LogP contribution in [0.1, 0.15) is 28.0 Å². The van der Waals surface area contributed by atoms with Crippen LogP contribution < -0.4 is 5.32 Å². The first-order valence-corrected chi connectivity index (χ1v) is 10.2. The smallest absolute Gasteiger partial charge is 0.409 e. The normalized spacial score (nSPS) is 15.8. The molecule has 0 fully saturated rings. The Morgan fingerprint density at radius 1 is 1.44 bits per heavy atom. The molecule has 0 radical (unpaired) electrons. The second kappa shape index (κ2) is 8.37. The fourth-order valence-electron chi connectivity index (χ4n) is 2.81. The van der Waals surface area contributed by atoms with E-state index < -0.39 is 0 Å². The Morgan fingerprint density at radius 2 is 2.26 bits per heavy atom. The average Bonchev–Trinajstić information content (AvgIpc) is 3.26. The Labute approximate surface area is 165 Å². The van der Waals surface area contributed by atoms with E-state index in [0.29, 0.717) is 29.8 Å². The average molecular weight is 402 g/mol. The highest BCUT2D eigenvalue weighted by Gasteiger charge is 2.28. The van der Waals surface area contributed by atoms with E-state index in [0.717, 1.165) is 16.0 Å². The van der Waals surface area contributed by atoms with E-state index in [1.165, 1.54) is 22.3 Å². The number of thiophene rings is 2. The molecule has 1 unspecified atom stereocenters. The minimum atomic E-state index is -0.368. The highest BCUT2D eigenvalue weighted by atomic mass is 32.1. The minimum absolute atomic E-state index is 0.209. The molecule has 1 N–H and O–H groups in total. The first-order valence-electron chi connectivity index (χ1n) is 8.41. The summed E-state index contributed by atoms with van der Waals surface area (Å²) in [6.07, 6.45) is 4.51. The van der Waals surface area contributed by atoms with Crippen molar-refractivity contribution < 1.29 is 14.3 Å². The van der Waals surface area contributed by atoms with Crippen LogP contribution in [0.3, 0.4) is 0 Å². The van der Waals surface area contributed by atoms with Crippen LogP contribution in [0.15, 0.2) is 22.9 Å². The van der Waals surface area contributed by atoms with E-state index in [1.807, 2.05) is 16.8 Å². The molecule has 0 saturated heterocycles. The van der Waals surface area contributed by atoms with Crippen molar-refractivity contribution in [2.45, 2.75) is 25.4 Å². The maximum atomic E-state index is 12.2. The van der Waals surface area contributed by atoms with Crippen LogP contribution in [0.25, 0.3) is 6.08 Å². The molecule has 3 rings (SSSR count). The first-order chi connectivity index (χ1) is 13.0. The van der Waals surface area contributed by atoms with Gasteiger partial charge in [-0.05, 0) is 46.9 Å². The number of nitrogens with zero attached hydrogens (tertiary/aromatic N) is 2. The van der Waals surface area contributed by atoms with Gasteiger partial charge in [0.05, 0.1) is 5.56 Å². The lowest BCUT2D eigenvalue weighted by molar-refractivity contribution is -0.111. The number of nitrogens with one attached hydrogen (secondary N) is 1. The number of fused-ring (bicyclic) bond motifs is 1. The number of carbonyl (C=O) groups excluding carboxylic acids is 2. The highest BCUT2D eigenvalue weighted by Crippen LogP contribution is 2.38. The Balaban J connectivity index is 1.71. The molecule has 2 aromatic heterocycles. The second-order valence-electron chi connectivity index (χ2n) is 6.34. The first kappa shape index (κ1) is 19.1. The number of amides is 2. The van der Waals surface area contributed by atoms with E-state index in [9.17, 15) is 14.9 Å². The lowest BCUT2D eigenvalue weighted by Crippen LogP contribution is -2.31. The summed E-state index contributed by atoms with van der Waals surface area (Å²) in [6.45, 7) is 0. The molecule has 0 bridgehead atoms. The molecule has 140 valence electrons. The Morgan fingerprint density at radius 3 is 2.93 bits per heavy atom. The van der Waals surface area contributed by atoms with Crippen LogP contribution in [0.4, 0.5) is 9.80 Å². The standard InChI is InChI=1S/C19H19N3O3S2/c1-22(2)19(24)25-13-4-5-14-15(10-20)18(27-16(14)9-13)21-17(23)6-3-12-7-8-26-11-12/h3,6-8,11,13H,4-5,9H2,1-2H3,(H,21,23). The number of nitriles is 1. The molecule has 2 aromatic rings. The van der Waals surface area contributed by atoms with Gasteiger partial charge in [-0.25, -0.2) is 4.79 Å². The summed E-state index contributed by atoms with van der Waals surface area (Å²) < 4.78 is 5.47. The molecule has 6 nitrogen and oxygen atoms in total. The van der Waals surface area contributed by atoms with Crippen molar-refractivity contribution >= 4 is 45.8 Å². The van der Waals surface area contributed by atoms with Gasteiger partial charge in [0.15, 0.2) is 0 Å². The largest absolute Gasteiger partial charge is 0.446 e. The fraction of sp³-hybridized carbons (Fsp3) is 0.316. The van der Waals surface area contributed by atoms with Gasteiger partial charge in [-0.1, -0.05) is 0 Å². The van der Waals surface area contributed by atoms with Crippen molar-refractivity contribution in [1.82, 2.24) is 4.90 Å². The Bertz CT molecular complexity index is 908. The van der Waals surface area contributed by atoms with Crippen molar-refractivity contribution in [2.24, 2.45) is 0 Å². The number of carbonyl (C=O) groups is 2. The number of rotatable bonds is 4. The van der Waals surface area contributed by atoms with Gasteiger partial charge >= 0.3 is 6.09 Å². The predicted octanol–water partition coefficient (Wildman–Crippen LogP) is 3.89. The lowest BCUT2D eigenvalue weighted by Gasteiger charge is -2.24. The number of anilines is 1. The lowest BCUT2D eigenvalue weighted by atomic mass is 9.94. The zero-order chi connectivity index (χ0) is 19.4. The van der Waals surface area contributed by atoms with Crippen LogP contribution in [0.5, 0.6) is 0 Å². The van der Waals surface area contributed by atoms with Gasteiger partial charge in [0.25, 0.3) is 0 Å². The Hall–Kier alpha value is -2.63. The van der Waals surface area contributed by atoms with Gasteiger partial charge in [-0.2, -0.15) is 16.6 Å². The van der Waals surface area contributed by atoms with E-state index in [4.69, 9.17) is 4.74 Å². The summed E-state index contributed by atoms with van der Waals surface area (Å²) in [5, 5.41) is 16.8. The van der Waals surface area contributed by atoms with Crippen molar-refractivity contribution in [3.63, 3.8) is 0 Å². The van der Waals surface area contributed by atoms with Gasteiger partial charge in [-0.3, -0.25) is 4.79 Å². The maximum Gasteiger partial charge on any atom is 0.409 e. The third-order valence-electron chi connectivity index (χ3n) is 4.17. The molecule has 27 heavy (non-hydrogen) atoms. The molecular formula is C19H19N3O3S2. The molecule has 1 atom stereocenters. The van der Waals surface area contributed by atoms with Crippen molar-refractivity contribution in [3.8, 4) is 6.07 Å². The van der Waals surface area contributed by atoms with E-state index >= 15 is 0 Å². The van der Waals surface area contributed by atoms with E-state index in [2.05, 4.69) is 11.4 Å². The quantitative estimate of drug-likeness (QED) is 0.788. The summed E-state index contributed by atoms with van der Waals surface area (Å²) >= 11 is 2.95. The maximum absolute atomic E-state index is 12.2. The predicted molar refractivity (Wildman–Crippen MR) is 107 cm³/mol. The molecule has 0 aromatic carbocycles. The third-order valence-corrected chi connectivity index (χ3v) is 6.04. The minimum Gasteiger partial charge on any atom is -0.446 e. The molecule has 2 heterocycles. The molecule has 1 aliphatic rings. The van der Waals surface area contributed by atoms with Gasteiger partial charge in [0, 0.05) is 31.5 Å². The monoisotopic (exact) mass is 401 g/mol. The second-order valence-corrected chi connectivity index (χ2v) is 8.23. The van der Waals surface area contributed by atoms with Crippen molar-refractivity contribution in [2.75, 3.05) is 19.4 Å². The van der Waals surface area contributed by atoms with Crippen LogP contribution in [0.2, 0.25) is 0 Å². The molecule has 0 saturated carbocycles. The van der Waals surface area contributed by atoms with Crippen molar-refractivity contribution in [1.29, 1.82) is 5.26 Å². The van der Waals surface area contributed by atoms with Crippen LogP contribution in [-0.4, -0.2) is 37.1 Å². The van der Waals surface area contributed by atoms with Gasteiger partial charge in [0.2, 0.25) is 5.91 Å². The molecule has 0 aliphatic heterocycles. The van der Waals surface area contributed by atoms with E-state index in [1.54, 1.807) is 31.5 Å². The van der Waals surface area contributed by atoms with Gasteiger partial charge in [-0.15, -0.1) is 11.3 Å². The zero-order valence-electron chi connectivity index (χ0n) is 15.0. The topological polar surface area (TPSA) is 82.4 Å². The number of ether oxygens (including phenoxy) is 1. The SMILES string of the molecule is CN(C)C(=O)OC1CCc2c(sc(NC(=O)C=Cc3ccsc3)c2C#N)C1. The van der Waals surface area contributed by atoms with Crippen LogP contribution in [-0.2, 0) is 22.4 Å². The molecule has 2 amide bonds.